The lowest BCUT2D eigenvalue weighted by atomic mass is 10.3. The van der Waals surface area contributed by atoms with Crippen molar-refractivity contribution in [3.8, 4) is 0 Å². The molecule has 0 aliphatic heterocycles. The molecule has 0 fully saturated rings. The Morgan fingerprint density at radius 2 is 1.46 bits per heavy atom. The van der Waals surface area contributed by atoms with E-state index in [-0.39, 0.29) is 17.2 Å². The van der Waals surface area contributed by atoms with E-state index in [4.69, 9.17) is 0 Å². The zero-order chi connectivity index (χ0) is 19.1. The van der Waals surface area contributed by atoms with Gasteiger partial charge >= 0.3 is 35.8 Å². The summed E-state index contributed by atoms with van der Waals surface area (Å²) >= 11 is 0. The molecule has 0 amide bonds. The second-order valence-electron chi connectivity index (χ2n) is 4.75. The van der Waals surface area contributed by atoms with Gasteiger partial charge in [-0.2, -0.15) is 26.3 Å². The van der Waals surface area contributed by atoms with E-state index in [0.29, 0.717) is 18.0 Å². The summed E-state index contributed by atoms with van der Waals surface area (Å²) in [6.07, 6.45) is 0.756. The standard InChI is InChI=1S/C10H13F6N2O4S2/c1-3-4-5-18-6-7(23(19,20)9(11,12)13)17(2)8(18)24(21,22)10(14,15)16/h6H,3-5H2,1-2H3/q+1. The third-order valence-electron chi connectivity index (χ3n) is 3.01. The van der Waals surface area contributed by atoms with Crippen LogP contribution in [0.3, 0.4) is 0 Å². The molecule has 1 rings (SSSR count). The Morgan fingerprint density at radius 3 is 1.83 bits per heavy atom. The maximum atomic E-state index is 12.8. The second kappa shape index (κ2) is 6.20. The number of hydrogen-bond donors (Lipinski definition) is 0. The summed E-state index contributed by atoms with van der Waals surface area (Å²) in [5.74, 6) is 0. The minimum Gasteiger partial charge on any atom is -0.219 e. The largest absolute Gasteiger partial charge is 0.509 e. The fraction of sp³-hybridized carbons (Fsp3) is 0.700. The van der Waals surface area contributed by atoms with Crippen molar-refractivity contribution >= 4 is 19.7 Å². The monoisotopic (exact) mass is 403 g/mol. The molecule has 0 bridgehead atoms. The fourth-order valence-corrected chi connectivity index (χ4v) is 3.98. The van der Waals surface area contributed by atoms with Gasteiger partial charge in [-0.3, -0.25) is 0 Å². The molecule has 0 aliphatic rings. The van der Waals surface area contributed by atoms with Crippen LogP contribution < -0.4 is 4.57 Å². The topological polar surface area (TPSA) is 77.1 Å². The molecular weight excluding hydrogens is 390 g/mol. The van der Waals surface area contributed by atoms with Gasteiger partial charge in [0.25, 0.3) is 5.03 Å². The Balaban J connectivity index is 3.79. The molecule has 0 aromatic carbocycles. The highest BCUT2D eigenvalue weighted by atomic mass is 32.2. The number of rotatable bonds is 5. The van der Waals surface area contributed by atoms with Crippen molar-refractivity contribution in [2.24, 2.45) is 7.05 Å². The summed E-state index contributed by atoms with van der Waals surface area (Å²) < 4.78 is 123. The zero-order valence-corrected chi connectivity index (χ0v) is 13.9. The van der Waals surface area contributed by atoms with Crippen LogP contribution >= 0.6 is 0 Å². The molecule has 140 valence electrons. The van der Waals surface area contributed by atoms with E-state index >= 15 is 0 Å². The van der Waals surface area contributed by atoms with E-state index in [2.05, 4.69) is 0 Å². The van der Waals surface area contributed by atoms with Crippen LogP contribution in [0.15, 0.2) is 16.4 Å². The summed E-state index contributed by atoms with van der Waals surface area (Å²) in [6, 6.07) is 0. The number of unbranched alkanes of at least 4 members (excludes halogenated alkanes) is 1. The predicted molar refractivity (Wildman–Crippen MR) is 67.0 cm³/mol. The highest BCUT2D eigenvalue weighted by Crippen LogP contribution is 2.33. The molecule has 1 aromatic heterocycles. The number of nitrogens with zero attached hydrogens (tertiary/aromatic N) is 2. The van der Waals surface area contributed by atoms with E-state index in [1.54, 1.807) is 6.92 Å². The van der Waals surface area contributed by atoms with E-state index < -0.39 is 47.4 Å². The molecule has 0 spiro atoms. The number of aromatic nitrogens is 2. The summed E-state index contributed by atoms with van der Waals surface area (Å²) in [7, 11) is -11.6. The molecule has 0 aliphatic carbocycles. The van der Waals surface area contributed by atoms with Crippen molar-refractivity contribution < 1.29 is 47.7 Å². The number of hydrogen-bond acceptors (Lipinski definition) is 4. The van der Waals surface area contributed by atoms with E-state index in [1.807, 2.05) is 0 Å². The Hall–Kier alpha value is -1.31. The molecular formula is C10H13F6N2O4S2+. The average Bonchev–Trinajstić information content (AvgIpc) is 2.71. The van der Waals surface area contributed by atoms with E-state index in [0.717, 1.165) is 0 Å². The Kier molecular flexibility index (Phi) is 5.36. The van der Waals surface area contributed by atoms with Crippen LogP contribution in [0.4, 0.5) is 26.3 Å². The smallest absolute Gasteiger partial charge is 0.219 e. The normalized spacial score (nSPS) is 14.2. The predicted octanol–water partition coefficient (Wildman–Crippen LogP) is 1.70. The highest BCUT2D eigenvalue weighted by molar-refractivity contribution is 7.92. The lowest BCUT2D eigenvalue weighted by Gasteiger charge is -2.07. The van der Waals surface area contributed by atoms with Crippen molar-refractivity contribution in [1.29, 1.82) is 0 Å². The van der Waals surface area contributed by atoms with Crippen LogP contribution in [-0.4, -0.2) is 32.4 Å². The summed E-state index contributed by atoms with van der Waals surface area (Å²) in [6.45, 7) is 1.21. The molecule has 0 atom stereocenters. The number of aryl methyl sites for hydroxylation is 1. The quantitative estimate of drug-likeness (QED) is 0.554. The zero-order valence-electron chi connectivity index (χ0n) is 12.3. The lowest BCUT2D eigenvalue weighted by molar-refractivity contribution is -0.735. The van der Waals surface area contributed by atoms with E-state index in [1.165, 1.54) is 0 Å². The van der Waals surface area contributed by atoms with Crippen molar-refractivity contribution in [3.63, 3.8) is 0 Å². The number of halogens is 6. The molecule has 0 radical (unpaired) electrons. The molecule has 6 nitrogen and oxygen atoms in total. The first-order chi connectivity index (χ1) is 10.6. The van der Waals surface area contributed by atoms with Gasteiger partial charge < -0.3 is 0 Å². The van der Waals surface area contributed by atoms with Crippen molar-refractivity contribution in [2.75, 3.05) is 0 Å². The maximum Gasteiger partial charge on any atom is 0.509 e. The minimum atomic E-state index is -6.06. The second-order valence-corrected chi connectivity index (χ2v) is 8.48. The third-order valence-corrected chi connectivity index (χ3v) is 6.15. The van der Waals surface area contributed by atoms with Crippen LogP contribution in [0.5, 0.6) is 0 Å². The first-order valence-electron chi connectivity index (χ1n) is 6.31. The highest BCUT2D eigenvalue weighted by Gasteiger charge is 2.58. The molecule has 1 aromatic rings. The fourth-order valence-electron chi connectivity index (χ4n) is 1.86. The van der Waals surface area contributed by atoms with Gasteiger partial charge in [-0.15, -0.1) is 0 Å². The molecule has 0 N–H and O–H groups in total. The molecule has 1 heterocycles. The third kappa shape index (κ3) is 3.38. The van der Waals surface area contributed by atoms with Crippen LogP contribution in [-0.2, 0) is 33.3 Å². The van der Waals surface area contributed by atoms with Crippen molar-refractivity contribution in [3.05, 3.63) is 6.20 Å². The molecule has 0 saturated carbocycles. The van der Waals surface area contributed by atoms with Gasteiger partial charge in [0, 0.05) is 0 Å². The first-order valence-corrected chi connectivity index (χ1v) is 9.27. The van der Waals surface area contributed by atoms with Gasteiger partial charge in [0.15, 0.2) is 6.20 Å². The molecule has 0 unspecified atom stereocenters. The van der Waals surface area contributed by atoms with Crippen LogP contribution in [0, 0.1) is 0 Å². The lowest BCUT2D eigenvalue weighted by Crippen LogP contribution is -2.42. The molecule has 0 saturated heterocycles. The van der Waals surface area contributed by atoms with Crippen molar-refractivity contribution in [2.45, 2.75) is 47.5 Å². The van der Waals surface area contributed by atoms with Gasteiger partial charge in [-0.1, -0.05) is 13.3 Å². The number of sulfone groups is 2. The Bertz CT molecular complexity index is 821. The van der Waals surface area contributed by atoms with Gasteiger partial charge in [-0.05, 0) is 6.42 Å². The SMILES string of the molecule is CCCC[n+]1cc(S(=O)(=O)C(F)(F)F)n(C)c1S(=O)(=O)C(F)(F)F. The van der Waals surface area contributed by atoms with E-state index in [9.17, 15) is 43.2 Å². The number of alkyl halides is 6. The van der Waals surface area contributed by atoms with Crippen molar-refractivity contribution in [1.82, 2.24) is 4.57 Å². The first kappa shape index (κ1) is 20.7. The van der Waals surface area contributed by atoms with Gasteiger partial charge in [-0.25, -0.2) is 26.0 Å². The summed E-state index contributed by atoms with van der Waals surface area (Å²) in [5, 5.41) is -3.17. The maximum absolute atomic E-state index is 12.8. The summed E-state index contributed by atoms with van der Waals surface area (Å²) in [5.41, 5.74) is -11.6. The van der Waals surface area contributed by atoms with Crippen LogP contribution in [0.1, 0.15) is 19.8 Å². The minimum absolute atomic E-state index is 0.124. The molecule has 24 heavy (non-hydrogen) atoms. The van der Waals surface area contributed by atoms with Crippen LogP contribution in [0.25, 0.3) is 0 Å². The summed E-state index contributed by atoms with van der Waals surface area (Å²) in [4.78, 5) is 0. The van der Waals surface area contributed by atoms with Crippen LogP contribution in [0.2, 0.25) is 0 Å². The Morgan fingerprint density at radius 1 is 1.00 bits per heavy atom. The average molecular weight is 403 g/mol. The van der Waals surface area contributed by atoms with Gasteiger partial charge in [0.05, 0.1) is 13.6 Å². The van der Waals surface area contributed by atoms with Gasteiger partial charge in [0.2, 0.25) is 0 Å². The molecule has 14 heteroatoms. The number of imidazole rings is 1. The Labute approximate surface area is 133 Å². The van der Waals surface area contributed by atoms with Gasteiger partial charge in [0.1, 0.15) is 0 Å².